The van der Waals surface area contributed by atoms with E-state index >= 15 is 0 Å². The lowest BCUT2D eigenvalue weighted by atomic mass is 10.1. The molecule has 0 radical (unpaired) electrons. The molecule has 26 heavy (non-hydrogen) atoms. The molecule has 0 aliphatic rings. The van der Waals surface area contributed by atoms with E-state index in [1.807, 2.05) is 37.4 Å². The number of carbonyl (C=O) groups is 1. The van der Waals surface area contributed by atoms with Crippen molar-refractivity contribution in [2.24, 2.45) is 0 Å². The highest BCUT2D eigenvalue weighted by Gasteiger charge is 2.23. The van der Waals surface area contributed by atoms with Crippen molar-refractivity contribution < 1.29 is 4.79 Å². The summed E-state index contributed by atoms with van der Waals surface area (Å²) in [4.78, 5) is 26.7. The van der Waals surface area contributed by atoms with Crippen LogP contribution in [0, 0.1) is 0 Å². The molecule has 3 rings (SSSR count). The molecule has 0 bridgehead atoms. The summed E-state index contributed by atoms with van der Waals surface area (Å²) in [7, 11) is 1.73. The van der Waals surface area contributed by atoms with Crippen LogP contribution in [0.5, 0.6) is 0 Å². The first-order valence-corrected chi connectivity index (χ1v) is 9.40. The molecular formula is C17H17ClN6OS. The molecule has 1 amide bonds. The third-order valence-corrected chi connectivity index (χ3v) is 4.91. The van der Waals surface area contributed by atoms with Gasteiger partial charge in [-0.25, -0.2) is 19.6 Å². The van der Waals surface area contributed by atoms with Crippen molar-refractivity contribution in [1.29, 1.82) is 0 Å². The van der Waals surface area contributed by atoms with Gasteiger partial charge in [-0.1, -0.05) is 35.5 Å². The van der Waals surface area contributed by atoms with E-state index in [-0.39, 0.29) is 22.7 Å². The fourth-order valence-electron chi connectivity index (χ4n) is 2.41. The van der Waals surface area contributed by atoms with Crippen LogP contribution in [0.3, 0.4) is 0 Å². The van der Waals surface area contributed by atoms with Gasteiger partial charge in [-0.3, -0.25) is 4.79 Å². The Hall–Kier alpha value is -2.45. The lowest BCUT2D eigenvalue weighted by Crippen LogP contribution is -2.30. The van der Waals surface area contributed by atoms with Crippen LogP contribution in [0.1, 0.15) is 29.0 Å². The quantitative estimate of drug-likeness (QED) is 0.493. The number of hydrogen-bond donors (Lipinski definition) is 0. The van der Waals surface area contributed by atoms with E-state index < -0.39 is 0 Å². The average molecular weight is 389 g/mol. The van der Waals surface area contributed by atoms with Gasteiger partial charge in [-0.2, -0.15) is 5.10 Å². The summed E-state index contributed by atoms with van der Waals surface area (Å²) < 4.78 is 1.67. The molecule has 0 saturated carbocycles. The Morgan fingerprint density at radius 3 is 2.65 bits per heavy atom. The zero-order chi connectivity index (χ0) is 18.7. The lowest BCUT2D eigenvalue weighted by molar-refractivity contribution is 0.0736. The van der Waals surface area contributed by atoms with Crippen molar-refractivity contribution in [1.82, 2.24) is 29.6 Å². The van der Waals surface area contributed by atoms with Crippen LogP contribution in [0.4, 0.5) is 0 Å². The minimum absolute atomic E-state index is 0.156. The van der Waals surface area contributed by atoms with Crippen molar-refractivity contribution in [3.63, 3.8) is 0 Å². The van der Waals surface area contributed by atoms with E-state index in [0.29, 0.717) is 5.16 Å². The SMILES string of the molecule is CSc1ncc(Cl)c(C(=O)N(C)[C@@H](C)c2ccc(-n3cncn3)cc2)n1. The van der Waals surface area contributed by atoms with Crippen molar-refractivity contribution in [3.8, 4) is 5.69 Å². The first kappa shape index (κ1) is 18.3. The number of amides is 1. The zero-order valence-electron chi connectivity index (χ0n) is 14.5. The second-order valence-corrected chi connectivity index (χ2v) is 6.76. The second kappa shape index (κ2) is 7.84. The maximum Gasteiger partial charge on any atom is 0.274 e. The normalized spacial score (nSPS) is 12.0. The summed E-state index contributed by atoms with van der Waals surface area (Å²) in [6.45, 7) is 1.95. The summed E-state index contributed by atoms with van der Waals surface area (Å²) >= 11 is 7.48. The molecule has 2 aromatic heterocycles. The van der Waals surface area contributed by atoms with Crippen LogP contribution in [0.2, 0.25) is 5.02 Å². The van der Waals surface area contributed by atoms with Gasteiger partial charge in [0.15, 0.2) is 10.9 Å². The second-order valence-electron chi connectivity index (χ2n) is 5.58. The Morgan fingerprint density at radius 1 is 1.31 bits per heavy atom. The molecule has 0 N–H and O–H groups in total. The van der Waals surface area contributed by atoms with E-state index in [9.17, 15) is 4.79 Å². The third kappa shape index (κ3) is 3.71. The van der Waals surface area contributed by atoms with Gasteiger partial charge in [0.25, 0.3) is 5.91 Å². The fourth-order valence-corrected chi connectivity index (χ4v) is 2.93. The number of hydrogen-bond acceptors (Lipinski definition) is 6. The highest BCUT2D eigenvalue weighted by Crippen LogP contribution is 2.24. The molecule has 0 aliphatic carbocycles. The van der Waals surface area contributed by atoms with Crippen molar-refractivity contribution >= 4 is 29.3 Å². The molecule has 2 heterocycles. The van der Waals surface area contributed by atoms with E-state index in [0.717, 1.165) is 11.3 Å². The number of halogens is 1. The van der Waals surface area contributed by atoms with Crippen LogP contribution in [0.15, 0.2) is 48.3 Å². The highest BCUT2D eigenvalue weighted by molar-refractivity contribution is 7.98. The summed E-state index contributed by atoms with van der Waals surface area (Å²) in [6, 6.07) is 7.63. The Bertz CT molecular complexity index is 900. The van der Waals surface area contributed by atoms with E-state index in [4.69, 9.17) is 11.6 Å². The number of aromatic nitrogens is 5. The number of rotatable bonds is 5. The highest BCUT2D eigenvalue weighted by atomic mass is 35.5. The Labute approximate surface area is 160 Å². The van der Waals surface area contributed by atoms with Gasteiger partial charge in [-0.15, -0.1) is 0 Å². The molecule has 134 valence electrons. The standard InChI is InChI=1S/C17H17ClN6OS/c1-11(12-4-6-13(7-5-12)24-10-19-9-21-24)23(2)16(25)15-14(18)8-20-17(22-15)26-3/h4-11H,1-3H3/t11-/m0/s1. The Morgan fingerprint density at radius 2 is 2.04 bits per heavy atom. The summed E-state index contributed by atoms with van der Waals surface area (Å²) in [6.07, 6.45) is 6.42. The molecule has 3 aromatic rings. The predicted molar refractivity (Wildman–Crippen MR) is 101 cm³/mol. The summed E-state index contributed by atoms with van der Waals surface area (Å²) in [5.74, 6) is -0.249. The van der Waals surface area contributed by atoms with Crippen molar-refractivity contribution in [3.05, 3.63) is 59.4 Å². The maximum atomic E-state index is 12.8. The topological polar surface area (TPSA) is 76.8 Å². The molecule has 0 unspecified atom stereocenters. The molecular weight excluding hydrogens is 372 g/mol. The number of thioether (sulfide) groups is 1. The first-order valence-electron chi connectivity index (χ1n) is 7.80. The monoisotopic (exact) mass is 388 g/mol. The first-order chi connectivity index (χ1) is 12.5. The van der Waals surface area contributed by atoms with Crippen molar-refractivity contribution in [2.45, 2.75) is 18.1 Å². The van der Waals surface area contributed by atoms with Crippen molar-refractivity contribution in [2.75, 3.05) is 13.3 Å². The molecule has 7 nitrogen and oxygen atoms in total. The van der Waals surface area contributed by atoms with Gasteiger partial charge in [0, 0.05) is 7.05 Å². The number of benzene rings is 1. The van der Waals surface area contributed by atoms with Gasteiger partial charge in [0.1, 0.15) is 12.7 Å². The zero-order valence-corrected chi connectivity index (χ0v) is 16.1. The fraction of sp³-hybridized carbons (Fsp3) is 0.235. The van der Waals surface area contributed by atoms with E-state index in [2.05, 4.69) is 20.1 Å². The smallest absolute Gasteiger partial charge is 0.274 e. The van der Waals surface area contributed by atoms with Gasteiger partial charge >= 0.3 is 0 Å². The van der Waals surface area contributed by atoms with Crippen LogP contribution in [-0.4, -0.2) is 48.8 Å². The minimum Gasteiger partial charge on any atom is -0.334 e. The maximum absolute atomic E-state index is 12.8. The number of nitrogens with zero attached hydrogens (tertiary/aromatic N) is 6. The van der Waals surface area contributed by atoms with Gasteiger partial charge in [-0.05, 0) is 30.9 Å². The molecule has 9 heteroatoms. The third-order valence-electron chi connectivity index (χ3n) is 4.07. The van der Waals surface area contributed by atoms with Crippen LogP contribution >= 0.6 is 23.4 Å². The van der Waals surface area contributed by atoms with Gasteiger partial charge in [0.05, 0.1) is 22.9 Å². The van der Waals surface area contributed by atoms with Crippen LogP contribution < -0.4 is 0 Å². The lowest BCUT2D eigenvalue weighted by Gasteiger charge is -2.25. The average Bonchev–Trinajstić information content (AvgIpc) is 3.21. The molecule has 0 saturated heterocycles. The molecule has 1 atom stereocenters. The molecule has 0 aliphatic heterocycles. The van der Waals surface area contributed by atoms with Gasteiger partial charge < -0.3 is 4.90 Å². The van der Waals surface area contributed by atoms with Gasteiger partial charge in [0.2, 0.25) is 0 Å². The molecule has 0 spiro atoms. The molecule has 0 fully saturated rings. The Kier molecular flexibility index (Phi) is 5.53. The van der Waals surface area contributed by atoms with Crippen LogP contribution in [0.25, 0.3) is 5.69 Å². The van der Waals surface area contributed by atoms with E-state index in [1.54, 1.807) is 23.0 Å². The summed E-state index contributed by atoms with van der Waals surface area (Å²) in [5.41, 5.74) is 2.09. The molecule has 1 aromatic carbocycles. The summed E-state index contributed by atoms with van der Waals surface area (Å²) in [5, 5.41) is 4.85. The largest absolute Gasteiger partial charge is 0.334 e. The minimum atomic E-state index is -0.249. The predicted octanol–water partition coefficient (Wildman–Crippen LogP) is 3.27. The van der Waals surface area contributed by atoms with Crippen LogP contribution in [-0.2, 0) is 0 Å². The van der Waals surface area contributed by atoms with E-state index in [1.165, 1.54) is 24.3 Å². The number of carbonyl (C=O) groups excluding carboxylic acids is 1. The Balaban J connectivity index is 1.81.